The summed E-state index contributed by atoms with van der Waals surface area (Å²) in [5.41, 5.74) is 1.46. The van der Waals surface area contributed by atoms with Gasteiger partial charge in [0.25, 0.3) is 5.95 Å². The normalized spacial score (nSPS) is 10.4. The fourth-order valence-corrected chi connectivity index (χ4v) is 1.06. The van der Waals surface area contributed by atoms with E-state index in [0.717, 1.165) is 5.69 Å². The predicted molar refractivity (Wildman–Crippen MR) is 47.6 cm³/mol. The third kappa shape index (κ3) is 1.47. The number of aromatic nitrogens is 5. The molecule has 2 heterocycles. The summed E-state index contributed by atoms with van der Waals surface area (Å²) in [6, 6.07) is 0. The largest absolute Gasteiger partial charge is 0.392 e. The number of rotatable bonds is 2. The Hall–Kier alpha value is -1.82. The van der Waals surface area contributed by atoms with Gasteiger partial charge in [0.15, 0.2) is 0 Å². The van der Waals surface area contributed by atoms with Crippen molar-refractivity contribution in [2.45, 2.75) is 13.5 Å². The molecule has 14 heavy (non-hydrogen) atoms. The number of aliphatic hydroxyl groups excluding tert-OH is 1. The van der Waals surface area contributed by atoms with Gasteiger partial charge in [-0.25, -0.2) is 15.0 Å². The van der Waals surface area contributed by atoms with Crippen LogP contribution in [-0.4, -0.2) is 29.8 Å². The van der Waals surface area contributed by atoms with E-state index in [0.29, 0.717) is 11.5 Å². The summed E-state index contributed by atoms with van der Waals surface area (Å²) in [5.74, 6) is 0.456. The molecule has 0 saturated carbocycles. The molecule has 2 aromatic rings. The van der Waals surface area contributed by atoms with Crippen LogP contribution in [0.2, 0.25) is 0 Å². The first-order valence-corrected chi connectivity index (χ1v) is 4.09. The monoisotopic (exact) mass is 191 g/mol. The molecule has 6 heteroatoms. The Balaban J connectivity index is 2.43. The Morgan fingerprint density at radius 2 is 2.36 bits per heavy atom. The minimum absolute atomic E-state index is 0.0521. The van der Waals surface area contributed by atoms with Crippen LogP contribution in [-0.2, 0) is 6.61 Å². The molecule has 0 aliphatic rings. The summed E-state index contributed by atoms with van der Waals surface area (Å²) in [5, 5.41) is 12.8. The second-order valence-electron chi connectivity index (χ2n) is 2.78. The topological polar surface area (TPSA) is 76.7 Å². The average Bonchev–Trinajstić information content (AvgIpc) is 2.70. The van der Waals surface area contributed by atoms with Gasteiger partial charge >= 0.3 is 0 Å². The first-order chi connectivity index (χ1) is 6.81. The van der Waals surface area contributed by atoms with Gasteiger partial charge in [0.1, 0.15) is 12.7 Å². The summed E-state index contributed by atoms with van der Waals surface area (Å²) in [7, 11) is 0. The van der Waals surface area contributed by atoms with Crippen LogP contribution in [0.5, 0.6) is 0 Å². The van der Waals surface area contributed by atoms with E-state index < -0.39 is 0 Å². The van der Waals surface area contributed by atoms with Gasteiger partial charge in [0.2, 0.25) is 0 Å². The average molecular weight is 191 g/mol. The van der Waals surface area contributed by atoms with Crippen molar-refractivity contribution < 1.29 is 5.11 Å². The third-order valence-electron chi connectivity index (χ3n) is 1.86. The second-order valence-corrected chi connectivity index (χ2v) is 2.78. The molecule has 0 aliphatic carbocycles. The lowest BCUT2D eigenvalue weighted by atomic mass is 10.3. The highest BCUT2D eigenvalue weighted by atomic mass is 16.3. The SMILES string of the molecule is Cc1nc(-n2cncn2)ncc1CO. The molecule has 0 aromatic carbocycles. The fraction of sp³-hybridized carbons (Fsp3) is 0.250. The van der Waals surface area contributed by atoms with E-state index >= 15 is 0 Å². The molecular formula is C8H9N5O. The van der Waals surface area contributed by atoms with Crippen molar-refractivity contribution in [3.8, 4) is 5.95 Å². The van der Waals surface area contributed by atoms with Crippen LogP contribution >= 0.6 is 0 Å². The van der Waals surface area contributed by atoms with Gasteiger partial charge in [-0.1, -0.05) is 0 Å². The van der Waals surface area contributed by atoms with Crippen LogP contribution in [0.15, 0.2) is 18.9 Å². The van der Waals surface area contributed by atoms with Gasteiger partial charge in [-0.3, -0.25) is 0 Å². The molecule has 0 unspecified atom stereocenters. The van der Waals surface area contributed by atoms with E-state index in [1.165, 1.54) is 17.3 Å². The molecule has 2 rings (SSSR count). The Kier molecular flexibility index (Phi) is 2.19. The first-order valence-electron chi connectivity index (χ1n) is 4.09. The molecule has 0 aliphatic heterocycles. The summed E-state index contributed by atoms with van der Waals surface area (Å²) in [6.45, 7) is 1.76. The van der Waals surface area contributed by atoms with Gasteiger partial charge in [-0.05, 0) is 6.92 Å². The standard InChI is InChI=1S/C8H9N5O/c1-6-7(3-14)2-10-8(12-6)13-5-9-4-11-13/h2,4-5,14H,3H2,1H3. The number of aliphatic hydroxyl groups is 1. The minimum Gasteiger partial charge on any atom is -0.392 e. The maximum atomic E-state index is 8.93. The number of nitrogens with zero attached hydrogens (tertiary/aromatic N) is 5. The smallest absolute Gasteiger partial charge is 0.252 e. The van der Waals surface area contributed by atoms with Gasteiger partial charge in [0, 0.05) is 17.5 Å². The molecule has 0 bridgehead atoms. The van der Waals surface area contributed by atoms with Crippen molar-refractivity contribution in [2.75, 3.05) is 0 Å². The Morgan fingerprint density at radius 3 is 2.93 bits per heavy atom. The summed E-state index contributed by atoms with van der Waals surface area (Å²) in [4.78, 5) is 12.0. The highest BCUT2D eigenvalue weighted by molar-refractivity contribution is 5.19. The molecule has 0 amide bonds. The maximum absolute atomic E-state index is 8.93. The van der Waals surface area contributed by atoms with E-state index in [-0.39, 0.29) is 6.61 Å². The van der Waals surface area contributed by atoms with Crippen LogP contribution in [0.3, 0.4) is 0 Å². The van der Waals surface area contributed by atoms with Crippen molar-refractivity contribution in [3.63, 3.8) is 0 Å². The fourth-order valence-electron chi connectivity index (χ4n) is 1.06. The second kappa shape index (κ2) is 3.51. The zero-order valence-corrected chi connectivity index (χ0v) is 7.62. The number of aryl methyl sites for hydroxylation is 1. The van der Waals surface area contributed by atoms with Crippen molar-refractivity contribution in [3.05, 3.63) is 30.1 Å². The molecule has 0 saturated heterocycles. The lowest BCUT2D eigenvalue weighted by molar-refractivity contribution is 0.280. The van der Waals surface area contributed by atoms with Crippen molar-refractivity contribution in [1.82, 2.24) is 24.7 Å². The van der Waals surface area contributed by atoms with Crippen molar-refractivity contribution in [1.29, 1.82) is 0 Å². The molecule has 0 radical (unpaired) electrons. The van der Waals surface area contributed by atoms with Crippen molar-refractivity contribution in [2.24, 2.45) is 0 Å². The van der Waals surface area contributed by atoms with Crippen LogP contribution in [0.1, 0.15) is 11.3 Å². The predicted octanol–water partition coefficient (Wildman–Crippen LogP) is -0.142. The van der Waals surface area contributed by atoms with Gasteiger partial charge in [-0.2, -0.15) is 9.78 Å². The molecule has 0 fully saturated rings. The van der Waals surface area contributed by atoms with Crippen molar-refractivity contribution >= 4 is 0 Å². The van der Waals surface area contributed by atoms with E-state index in [9.17, 15) is 0 Å². The Labute approximate surface area is 80.3 Å². The molecular weight excluding hydrogens is 182 g/mol. The third-order valence-corrected chi connectivity index (χ3v) is 1.86. The Morgan fingerprint density at radius 1 is 1.50 bits per heavy atom. The summed E-state index contributed by atoms with van der Waals surface area (Å²) >= 11 is 0. The lowest BCUT2D eigenvalue weighted by Gasteiger charge is -2.03. The molecule has 6 nitrogen and oxygen atoms in total. The Bertz CT molecular complexity index is 425. The zero-order valence-electron chi connectivity index (χ0n) is 7.62. The van der Waals surface area contributed by atoms with Crippen LogP contribution in [0.4, 0.5) is 0 Å². The van der Waals surface area contributed by atoms with E-state index in [1.54, 1.807) is 6.20 Å². The van der Waals surface area contributed by atoms with Gasteiger partial charge in [0.05, 0.1) is 6.61 Å². The van der Waals surface area contributed by atoms with Crippen LogP contribution in [0, 0.1) is 6.92 Å². The van der Waals surface area contributed by atoms with E-state index in [2.05, 4.69) is 20.1 Å². The van der Waals surface area contributed by atoms with Gasteiger partial charge < -0.3 is 5.11 Å². The van der Waals surface area contributed by atoms with Gasteiger partial charge in [-0.15, -0.1) is 0 Å². The maximum Gasteiger partial charge on any atom is 0.252 e. The molecule has 0 spiro atoms. The molecule has 0 atom stereocenters. The van der Waals surface area contributed by atoms with E-state index in [4.69, 9.17) is 5.11 Å². The number of hydrogen-bond donors (Lipinski definition) is 1. The molecule has 72 valence electrons. The zero-order chi connectivity index (χ0) is 9.97. The summed E-state index contributed by atoms with van der Waals surface area (Å²) < 4.78 is 1.47. The quantitative estimate of drug-likeness (QED) is 0.714. The van der Waals surface area contributed by atoms with Crippen LogP contribution < -0.4 is 0 Å². The number of hydrogen-bond acceptors (Lipinski definition) is 5. The minimum atomic E-state index is -0.0521. The highest BCUT2D eigenvalue weighted by Crippen LogP contribution is 2.05. The first kappa shape index (κ1) is 8.76. The molecule has 2 aromatic heterocycles. The molecule has 1 N–H and O–H groups in total. The van der Waals surface area contributed by atoms with E-state index in [1.807, 2.05) is 6.92 Å². The van der Waals surface area contributed by atoms with Crippen LogP contribution in [0.25, 0.3) is 5.95 Å². The lowest BCUT2D eigenvalue weighted by Crippen LogP contribution is -2.04. The summed E-state index contributed by atoms with van der Waals surface area (Å²) in [6.07, 6.45) is 4.52. The highest BCUT2D eigenvalue weighted by Gasteiger charge is 2.03.